The number of ether oxygens (including phenoxy) is 1. The first kappa shape index (κ1) is 21.7. The van der Waals surface area contributed by atoms with Crippen molar-refractivity contribution in [3.63, 3.8) is 0 Å². The highest BCUT2D eigenvalue weighted by Crippen LogP contribution is 2.19. The van der Waals surface area contributed by atoms with E-state index < -0.39 is 5.97 Å². The molecule has 1 fully saturated rings. The summed E-state index contributed by atoms with van der Waals surface area (Å²) in [6, 6.07) is 6.04. The second-order valence-corrected chi connectivity index (χ2v) is 7.56. The molecule has 2 aromatic rings. The monoisotopic (exact) mass is 413 g/mol. The molecule has 0 spiro atoms. The number of likely N-dealkylation sites (tertiary alicyclic amines) is 1. The van der Waals surface area contributed by atoms with Crippen LogP contribution in [0, 0.1) is 19.7 Å². The zero-order valence-corrected chi connectivity index (χ0v) is 17.6. The lowest BCUT2D eigenvalue weighted by molar-refractivity contribution is -0.148. The summed E-state index contributed by atoms with van der Waals surface area (Å²) in [5.74, 6) is -1.02. The summed E-state index contributed by atoms with van der Waals surface area (Å²) in [4.78, 5) is 26.2. The zero-order valence-electron chi connectivity index (χ0n) is 17.6. The maximum Gasteiger partial charge on any atom is 0.331 e. The highest BCUT2D eigenvalue weighted by molar-refractivity contribution is 5.89. The number of amides is 1. The van der Waals surface area contributed by atoms with Crippen molar-refractivity contribution in [3.05, 3.63) is 53.1 Å². The van der Waals surface area contributed by atoms with Gasteiger partial charge >= 0.3 is 5.97 Å². The lowest BCUT2D eigenvalue weighted by Gasteiger charge is -2.24. The molecule has 0 aliphatic carbocycles. The molecule has 0 unspecified atom stereocenters. The number of carbonyl (C=O) groups excluding carboxylic acids is 2. The molecule has 2 heterocycles. The number of rotatable bonds is 5. The Kier molecular flexibility index (Phi) is 7.38. The zero-order chi connectivity index (χ0) is 21.5. The first-order valence-corrected chi connectivity index (χ1v) is 10.4. The van der Waals surface area contributed by atoms with Crippen molar-refractivity contribution in [3.8, 4) is 5.69 Å². The molecule has 30 heavy (non-hydrogen) atoms. The van der Waals surface area contributed by atoms with Crippen molar-refractivity contribution in [1.29, 1.82) is 0 Å². The lowest BCUT2D eigenvalue weighted by Crippen LogP contribution is -2.36. The first-order chi connectivity index (χ1) is 14.5. The fourth-order valence-corrected chi connectivity index (χ4v) is 3.65. The molecule has 7 heteroatoms. The van der Waals surface area contributed by atoms with Crippen LogP contribution in [0.1, 0.15) is 49.1 Å². The van der Waals surface area contributed by atoms with Crippen molar-refractivity contribution in [2.45, 2.75) is 46.0 Å². The van der Waals surface area contributed by atoms with E-state index in [-0.39, 0.29) is 18.3 Å². The molecule has 0 bridgehead atoms. The number of hydrogen-bond donors (Lipinski definition) is 0. The van der Waals surface area contributed by atoms with Gasteiger partial charge in [0, 0.05) is 30.4 Å². The van der Waals surface area contributed by atoms with E-state index >= 15 is 0 Å². The molecule has 0 N–H and O–H groups in total. The van der Waals surface area contributed by atoms with E-state index in [1.165, 1.54) is 24.6 Å². The van der Waals surface area contributed by atoms with Gasteiger partial charge in [0.1, 0.15) is 5.82 Å². The topological polar surface area (TPSA) is 64.4 Å². The predicted octanol–water partition coefficient (Wildman–Crippen LogP) is 3.98. The molecule has 1 aliphatic heterocycles. The Bertz CT molecular complexity index is 911. The van der Waals surface area contributed by atoms with E-state index in [4.69, 9.17) is 4.74 Å². The average Bonchev–Trinajstić information content (AvgIpc) is 2.98. The molecule has 6 nitrogen and oxygen atoms in total. The van der Waals surface area contributed by atoms with Gasteiger partial charge in [0.2, 0.25) is 0 Å². The number of hydrogen-bond acceptors (Lipinski definition) is 4. The van der Waals surface area contributed by atoms with Crippen LogP contribution in [0.25, 0.3) is 11.8 Å². The molecule has 0 saturated carbocycles. The number of esters is 1. The predicted molar refractivity (Wildman–Crippen MR) is 113 cm³/mol. The van der Waals surface area contributed by atoms with Gasteiger partial charge in [-0.15, -0.1) is 0 Å². The third-order valence-electron chi connectivity index (χ3n) is 5.35. The van der Waals surface area contributed by atoms with Crippen LogP contribution in [0.15, 0.2) is 30.3 Å². The van der Waals surface area contributed by atoms with Gasteiger partial charge in [-0.25, -0.2) is 13.9 Å². The van der Waals surface area contributed by atoms with Crippen molar-refractivity contribution >= 4 is 18.0 Å². The molecule has 0 radical (unpaired) electrons. The fraction of sp³-hybridized carbons (Fsp3) is 0.435. The van der Waals surface area contributed by atoms with Crippen LogP contribution in [0.2, 0.25) is 0 Å². The Morgan fingerprint density at radius 2 is 1.70 bits per heavy atom. The van der Waals surface area contributed by atoms with Gasteiger partial charge in [-0.2, -0.15) is 5.10 Å². The minimum atomic E-state index is -0.566. The van der Waals surface area contributed by atoms with Crippen LogP contribution in [-0.4, -0.2) is 46.3 Å². The SMILES string of the molecule is Cc1nn(-c2ccc(F)cc2)c(C)c1/C=C/C(=O)OCC(=O)N1CCCCCCC1. The lowest BCUT2D eigenvalue weighted by atomic mass is 10.1. The van der Waals surface area contributed by atoms with E-state index in [0.29, 0.717) is 0 Å². The normalized spacial score (nSPS) is 15.1. The van der Waals surface area contributed by atoms with Gasteiger partial charge in [0.05, 0.1) is 11.4 Å². The van der Waals surface area contributed by atoms with Crippen LogP contribution in [0.4, 0.5) is 4.39 Å². The number of aromatic nitrogens is 2. The summed E-state index contributed by atoms with van der Waals surface area (Å²) in [5.41, 5.74) is 3.07. The molecular weight excluding hydrogens is 385 g/mol. The van der Waals surface area contributed by atoms with Gasteiger partial charge in [0.15, 0.2) is 6.61 Å². The van der Waals surface area contributed by atoms with Crippen LogP contribution < -0.4 is 0 Å². The minimum absolute atomic E-state index is 0.143. The van der Waals surface area contributed by atoms with Gasteiger partial charge in [-0.3, -0.25) is 4.79 Å². The van der Waals surface area contributed by atoms with Gasteiger partial charge in [0.25, 0.3) is 5.91 Å². The molecule has 1 amide bonds. The van der Waals surface area contributed by atoms with Crippen molar-refractivity contribution < 1.29 is 18.7 Å². The largest absolute Gasteiger partial charge is 0.452 e. The third-order valence-corrected chi connectivity index (χ3v) is 5.35. The van der Waals surface area contributed by atoms with Gasteiger partial charge < -0.3 is 9.64 Å². The molecule has 1 aromatic carbocycles. The Labute approximate surface area is 176 Å². The summed E-state index contributed by atoms with van der Waals surface area (Å²) in [6.45, 7) is 4.93. The van der Waals surface area contributed by atoms with E-state index in [1.54, 1.807) is 27.8 Å². The summed E-state index contributed by atoms with van der Waals surface area (Å²) in [5, 5.41) is 4.47. The van der Waals surface area contributed by atoms with E-state index in [2.05, 4.69) is 5.10 Å². The maximum absolute atomic E-state index is 13.2. The molecule has 0 atom stereocenters. The summed E-state index contributed by atoms with van der Waals surface area (Å²) in [7, 11) is 0. The number of halogens is 1. The number of carbonyl (C=O) groups is 2. The van der Waals surface area contributed by atoms with Crippen molar-refractivity contribution in [2.24, 2.45) is 0 Å². The third kappa shape index (κ3) is 5.55. The fourth-order valence-electron chi connectivity index (χ4n) is 3.65. The van der Waals surface area contributed by atoms with Crippen molar-refractivity contribution in [1.82, 2.24) is 14.7 Å². The van der Waals surface area contributed by atoms with E-state index in [9.17, 15) is 14.0 Å². The number of aryl methyl sites for hydroxylation is 1. The molecule has 1 aromatic heterocycles. The average molecular weight is 413 g/mol. The van der Waals surface area contributed by atoms with E-state index in [0.717, 1.165) is 61.4 Å². The summed E-state index contributed by atoms with van der Waals surface area (Å²) < 4.78 is 20.0. The molecule has 3 rings (SSSR count). The Morgan fingerprint density at radius 3 is 2.37 bits per heavy atom. The highest BCUT2D eigenvalue weighted by atomic mass is 19.1. The molecule has 1 aliphatic rings. The second kappa shape index (κ2) is 10.2. The maximum atomic E-state index is 13.2. The molecule has 1 saturated heterocycles. The second-order valence-electron chi connectivity index (χ2n) is 7.56. The Balaban J connectivity index is 1.59. The summed E-state index contributed by atoms with van der Waals surface area (Å²) in [6.07, 6.45) is 8.44. The van der Waals surface area contributed by atoms with Crippen LogP contribution in [-0.2, 0) is 14.3 Å². The first-order valence-electron chi connectivity index (χ1n) is 10.4. The van der Waals surface area contributed by atoms with Gasteiger partial charge in [-0.1, -0.05) is 19.3 Å². The van der Waals surface area contributed by atoms with Gasteiger partial charge in [-0.05, 0) is 57.0 Å². The minimum Gasteiger partial charge on any atom is -0.452 e. The standard InChI is InChI=1S/C23H28FN3O3/c1-17-21(18(2)27(25-17)20-10-8-19(24)9-11-20)12-13-23(29)30-16-22(28)26-14-6-4-3-5-7-15-26/h8-13H,3-7,14-16H2,1-2H3/b13-12+. The molecule has 160 valence electrons. The Hall–Kier alpha value is -2.96. The molecular formula is C23H28FN3O3. The van der Waals surface area contributed by atoms with E-state index in [1.807, 2.05) is 13.8 Å². The van der Waals surface area contributed by atoms with Crippen LogP contribution in [0.3, 0.4) is 0 Å². The van der Waals surface area contributed by atoms with Crippen molar-refractivity contribution in [2.75, 3.05) is 19.7 Å². The van der Waals surface area contributed by atoms with Crippen LogP contribution >= 0.6 is 0 Å². The smallest absolute Gasteiger partial charge is 0.331 e. The number of nitrogens with zero attached hydrogens (tertiary/aromatic N) is 3. The number of benzene rings is 1. The summed E-state index contributed by atoms with van der Waals surface area (Å²) >= 11 is 0. The van der Waals surface area contributed by atoms with Crippen LogP contribution in [0.5, 0.6) is 0 Å². The highest BCUT2D eigenvalue weighted by Gasteiger charge is 2.16. The Morgan fingerprint density at radius 1 is 1.07 bits per heavy atom. The quantitative estimate of drug-likeness (QED) is 0.549.